The fourth-order valence-electron chi connectivity index (χ4n) is 1.66. The summed E-state index contributed by atoms with van der Waals surface area (Å²) >= 11 is 1.89. The number of thiazole rings is 1. The van der Waals surface area contributed by atoms with E-state index in [2.05, 4.69) is 26.1 Å². The lowest BCUT2D eigenvalue weighted by molar-refractivity contribution is 0.446. The largest absolute Gasteiger partial charge is 0.315 e. The third-order valence-electron chi connectivity index (χ3n) is 2.64. The number of aromatic nitrogens is 1. The molecule has 1 aliphatic heterocycles. The highest BCUT2D eigenvalue weighted by atomic mass is 32.1. The summed E-state index contributed by atoms with van der Waals surface area (Å²) in [7, 11) is 0. The van der Waals surface area contributed by atoms with Crippen molar-refractivity contribution in [2.24, 2.45) is 5.92 Å². The molecule has 0 atom stereocenters. The SMILES string of the molecule is Cc1sc(C2CNC2)nc1CC(C)C. The third-order valence-corrected chi connectivity index (χ3v) is 3.82. The Morgan fingerprint density at radius 1 is 1.50 bits per heavy atom. The monoisotopic (exact) mass is 210 g/mol. The number of hydrogen-bond acceptors (Lipinski definition) is 3. The van der Waals surface area contributed by atoms with Crippen LogP contribution in [0, 0.1) is 12.8 Å². The summed E-state index contributed by atoms with van der Waals surface area (Å²) in [6.07, 6.45) is 1.13. The van der Waals surface area contributed by atoms with E-state index in [1.807, 2.05) is 11.3 Å². The molecule has 0 spiro atoms. The van der Waals surface area contributed by atoms with Gasteiger partial charge in [-0.1, -0.05) is 13.8 Å². The van der Waals surface area contributed by atoms with Gasteiger partial charge < -0.3 is 5.32 Å². The van der Waals surface area contributed by atoms with Gasteiger partial charge in [0.1, 0.15) is 0 Å². The van der Waals surface area contributed by atoms with Gasteiger partial charge >= 0.3 is 0 Å². The molecule has 1 aliphatic rings. The van der Waals surface area contributed by atoms with Gasteiger partial charge in [0.25, 0.3) is 0 Å². The second kappa shape index (κ2) is 3.99. The van der Waals surface area contributed by atoms with Crippen LogP contribution in [-0.4, -0.2) is 18.1 Å². The molecule has 1 fully saturated rings. The van der Waals surface area contributed by atoms with E-state index in [0.717, 1.165) is 19.5 Å². The van der Waals surface area contributed by atoms with Crippen molar-refractivity contribution < 1.29 is 0 Å². The first-order chi connectivity index (χ1) is 6.66. The minimum Gasteiger partial charge on any atom is -0.315 e. The van der Waals surface area contributed by atoms with Crippen molar-refractivity contribution in [1.82, 2.24) is 10.3 Å². The molecule has 0 amide bonds. The molecule has 0 aliphatic carbocycles. The quantitative estimate of drug-likeness (QED) is 0.828. The highest BCUT2D eigenvalue weighted by Gasteiger charge is 2.23. The lowest BCUT2D eigenvalue weighted by Gasteiger charge is -2.24. The maximum atomic E-state index is 4.75. The van der Waals surface area contributed by atoms with Crippen molar-refractivity contribution in [2.45, 2.75) is 33.1 Å². The van der Waals surface area contributed by atoms with E-state index in [0.29, 0.717) is 11.8 Å². The molecule has 78 valence electrons. The van der Waals surface area contributed by atoms with Gasteiger partial charge in [0.15, 0.2) is 0 Å². The van der Waals surface area contributed by atoms with E-state index in [-0.39, 0.29) is 0 Å². The van der Waals surface area contributed by atoms with E-state index in [1.54, 1.807) is 0 Å². The third kappa shape index (κ3) is 1.98. The molecule has 1 aromatic heterocycles. The molecule has 0 aromatic carbocycles. The van der Waals surface area contributed by atoms with Crippen molar-refractivity contribution in [3.8, 4) is 0 Å². The maximum Gasteiger partial charge on any atom is 0.0987 e. The minimum atomic E-state index is 0.694. The van der Waals surface area contributed by atoms with Gasteiger partial charge in [-0.2, -0.15) is 0 Å². The summed E-state index contributed by atoms with van der Waals surface area (Å²) in [5, 5.41) is 4.64. The zero-order chi connectivity index (χ0) is 10.1. The van der Waals surface area contributed by atoms with Crippen LogP contribution in [0.3, 0.4) is 0 Å². The van der Waals surface area contributed by atoms with E-state index < -0.39 is 0 Å². The highest BCUT2D eigenvalue weighted by Crippen LogP contribution is 2.28. The molecule has 1 N–H and O–H groups in total. The van der Waals surface area contributed by atoms with E-state index in [4.69, 9.17) is 4.98 Å². The van der Waals surface area contributed by atoms with Crippen LogP contribution in [-0.2, 0) is 6.42 Å². The van der Waals surface area contributed by atoms with Crippen molar-refractivity contribution in [1.29, 1.82) is 0 Å². The molecule has 14 heavy (non-hydrogen) atoms. The minimum absolute atomic E-state index is 0.694. The van der Waals surface area contributed by atoms with Crippen molar-refractivity contribution >= 4 is 11.3 Å². The fourth-order valence-corrected chi connectivity index (χ4v) is 2.71. The number of rotatable bonds is 3. The van der Waals surface area contributed by atoms with Crippen molar-refractivity contribution in [3.05, 3.63) is 15.6 Å². The Kier molecular flexibility index (Phi) is 2.88. The van der Waals surface area contributed by atoms with Crippen LogP contribution in [0.5, 0.6) is 0 Å². The molecular formula is C11H18N2S. The smallest absolute Gasteiger partial charge is 0.0987 e. The van der Waals surface area contributed by atoms with Gasteiger partial charge in [0.2, 0.25) is 0 Å². The Balaban J connectivity index is 2.12. The molecule has 0 saturated carbocycles. The summed E-state index contributed by atoms with van der Waals surface area (Å²) in [5.74, 6) is 1.41. The van der Waals surface area contributed by atoms with Crippen LogP contribution < -0.4 is 5.32 Å². The first-order valence-electron chi connectivity index (χ1n) is 5.33. The number of hydrogen-bond donors (Lipinski definition) is 1. The van der Waals surface area contributed by atoms with Crippen LogP contribution in [0.4, 0.5) is 0 Å². The first-order valence-corrected chi connectivity index (χ1v) is 6.15. The maximum absolute atomic E-state index is 4.75. The molecule has 0 unspecified atom stereocenters. The molecule has 2 rings (SSSR count). The zero-order valence-electron chi connectivity index (χ0n) is 9.13. The van der Waals surface area contributed by atoms with E-state index >= 15 is 0 Å². The number of nitrogens with one attached hydrogen (secondary N) is 1. The summed E-state index contributed by atoms with van der Waals surface area (Å²) < 4.78 is 0. The molecule has 0 bridgehead atoms. The van der Waals surface area contributed by atoms with Gasteiger partial charge in [-0.25, -0.2) is 4.98 Å². The van der Waals surface area contributed by atoms with Crippen LogP contribution in [0.25, 0.3) is 0 Å². The molecule has 3 heteroatoms. The average Bonchev–Trinajstić information content (AvgIpc) is 2.27. The highest BCUT2D eigenvalue weighted by molar-refractivity contribution is 7.11. The van der Waals surface area contributed by atoms with Gasteiger partial charge in [0.05, 0.1) is 10.7 Å². The Hall–Kier alpha value is -0.410. The van der Waals surface area contributed by atoms with Gasteiger partial charge in [-0.15, -0.1) is 11.3 Å². The molecular weight excluding hydrogens is 192 g/mol. The molecule has 1 aromatic rings. The summed E-state index contributed by atoms with van der Waals surface area (Å²) in [6, 6.07) is 0. The predicted molar refractivity (Wildman–Crippen MR) is 61.0 cm³/mol. The zero-order valence-corrected chi connectivity index (χ0v) is 9.95. The topological polar surface area (TPSA) is 24.9 Å². The Morgan fingerprint density at radius 2 is 2.21 bits per heavy atom. The van der Waals surface area contributed by atoms with E-state index in [1.165, 1.54) is 15.6 Å². The Bertz CT molecular complexity index is 313. The summed E-state index contributed by atoms with van der Waals surface area (Å²) in [5.41, 5.74) is 1.33. The van der Waals surface area contributed by atoms with Crippen LogP contribution >= 0.6 is 11.3 Å². The normalized spacial score (nSPS) is 17.4. The summed E-state index contributed by atoms with van der Waals surface area (Å²) in [6.45, 7) is 8.94. The molecule has 0 radical (unpaired) electrons. The second-order valence-electron chi connectivity index (χ2n) is 4.51. The standard InChI is InChI=1S/C11H18N2S/c1-7(2)4-10-8(3)14-11(13-10)9-5-12-6-9/h7,9,12H,4-6H2,1-3H3. The molecule has 2 heterocycles. The van der Waals surface area contributed by atoms with Crippen molar-refractivity contribution in [3.63, 3.8) is 0 Å². The van der Waals surface area contributed by atoms with Crippen LogP contribution in [0.1, 0.15) is 35.3 Å². The molecule has 2 nitrogen and oxygen atoms in total. The lowest BCUT2D eigenvalue weighted by Crippen LogP contribution is -2.39. The van der Waals surface area contributed by atoms with Gasteiger partial charge in [-0.05, 0) is 19.3 Å². The van der Waals surface area contributed by atoms with Crippen LogP contribution in [0.2, 0.25) is 0 Å². The van der Waals surface area contributed by atoms with Crippen molar-refractivity contribution in [2.75, 3.05) is 13.1 Å². The number of nitrogens with zero attached hydrogens (tertiary/aromatic N) is 1. The average molecular weight is 210 g/mol. The lowest BCUT2D eigenvalue weighted by atomic mass is 10.0. The Labute approximate surface area is 89.8 Å². The van der Waals surface area contributed by atoms with Gasteiger partial charge in [-0.3, -0.25) is 0 Å². The predicted octanol–water partition coefficient (Wildman–Crippen LogP) is 2.34. The fraction of sp³-hybridized carbons (Fsp3) is 0.727. The number of aryl methyl sites for hydroxylation is 1. The first kappa shape index (κ1) is 10.1. The van der Waals surface area contributed by atoms with E-state index in [9.17, 15) is 0 Å². The second-order valence-corrected chi connectivity index (χ2v) is 5.74. The summed E-state index contributed by atoms with van der Waals surface area (Å²) in [4.78, 5) is 6.17. The van der Waals surface area contributed by atoms with Crippen LogP contribution in [0.15, 0.2) is 0 Å². The molecule has 1 saturated heterocycles. The Morgan fingerprint density at radius 3 is 2.71 bits per heavy atom. The van der Waals surface area contributed by atoms with Gasteiger partial charge in [0, 0.05) is 23.9 Å².